The monoisotopic (exact) mass is 232 g/mol. The molecule has 0 aliphatic heterocycles. The first kappa shape index (κ1) is 11.4. The van der Waals surface area contributed by atoms with Gasteiger partial charge in [-0.05, 0) is 36.6 Å². The summed E-state index contributed by atoms with van der Waals surface area (Å²) in [6.45, 7) is 4.19. The first-order chi connectivity index (χ1) is 7.70. The van der Waals surface area contributed by atoms with E-state index < -0.39 is 6.10 Å². The smallest absolute Gasteiger partial charge is 0.113 e. The second-order valence-electron chi connectivity index (χ2n) is 3.95. The molecule has 1 nitrogen and oxygen atoms in total. The molecule has 1 aromatic heterocycles. The van der Waals surface area contributed by atoms with Gasteiger partial charge in [0.2, 0.25) is 0 Å². The molecule has 0 bridgehead atoms. The van der Waals surface area contributed by atoms with Crippen LogP contribution >= 0.6 is 11.3 Å². The highest BCUT2D eigenvalue weighted by molar-refractivity contribution is 7.12. The number of rotatable bonds is 3. The average Bonchev–Trinajstić information content (AvgIpc) is 2.75. The molecule has 2 heteroatoms. The van der Waals surface area contributed by atoms with Gasteiger partial charge in [0, 0.05) is 9.75 Å². The van der Waals surface area contributed by atoms with Gasteiger partial charge in [0.15, 0.2) is 0 Å². The van der Waals surface area contributed by atoms with Crippen molar-refractivity contribution in [2.24, 2.45) is 0 Å². The van der Waals surface area contributed by atoms with Crippen LogP contribution < -0.4 is 0 Å². The Morgan fingerprint density at radius 3 is 2.31 bits per heavy atom. The molecule has 0 spiro atoms. The molecule has 0 saturated heterocycles. The molecule has 1 aromatic carbocycles. The van der Waals surface area contributed by atoms with Crippen LogP contribution in [0.4, 0.5) is 0 Å². The zero-order valence-electron chi connectivity index (χ0n) is 9.60. The number of aliphatic hydroxyl groups excluding tert-OH is 1. The van der Waals surface area contributed by atoms with Crippen molar-refractivity contribution in [3.8, 4) is 0 Å². The fourth-order valence-corrected chi connectivity index (χ4v) is 2.59. The van der Waals surface area contributed by atoms with E-state index in [0.717, 1.165) is 16.9 Å². The van der Waals surface area contributed by atoms with E-state index in [2.05, 4.69) is 26.0 Å². The second-order valence-corrected chi connectivity index (χ2v) is 5.27. The average molecular weight is 232 g/mol. The first-order valence-corrected chi connectivity index (χ1v) is 6.35. The van der Waals surface area contributed by atoms with Crippen LogP contribution in [0.2, 0.25) is 0 Å². The Balaban J connectivity index is 2.23. The fraction of sp³-hybridized carbons (Fsp3) is 0.286. The van der Waals surface area contributed by atoms with Crippen LogP contribution in [0.1, 0.15) is 33.9 Å². The van der Waals surface area contributed by atoms with E-state index in [9.17, 15) is 5.11 Å². The molecule has 0 radical (unpaired) electrons. The lowest BCUT2D eigenvalue weighted by molar-refractivity contribution is 0.224. The maximum absolute atomic E-state index is 10.2. The van der Waals surface area contributed by atoms with E-state index in [0.29, 0.717) is 0 Å². The second kappa shape index (κ2) is 4.81. The maximum atomic E-state index is 10.2. The van der Waals surface area contributed by atoms with Crippen molar-refractivity contribution >= 4 is 11.3 Å². The highest BCUT2D eigenvalue weighted by Gasteiger charge is 2.11. The third-order valence-electron chi connectivity index (χ3n) is 2.73. The minimum absolute atomic E-state index is 0.482. The maximum Gasteiger partial charge on any atom is 0.113 e. The normalized spacial score (nSPS) is 12.7. The standard InChI is InChI=1S/C14H16OS/c1-3-11-5-7-12(8-6-11)14(15)13-9-4-10(2)16-13/h4-9,14-15H,3H2,1-2H3/t14-/m1/s1. The van der Waals surface area contributed by atoms with Crippen LogP contribution in [0.5, 0.6) is 0 Å². The lowest BCUT2D eigenvalue weighted by Crippen LogP contribution is -1.96. The number of hydrogen-bond donors (Lipinski definition) is 1. The van der Waals surface area contributed by atoms with Crippen LogP contribution in [0.25, 0.3) is 0 Å². The Bertz CT molecular complexity index is 456. The topological polar surface area (TPSA) is 20.2 Å². The number of aryl methyl sites for hydroxylation is 2. The summed E-state index contributed by atoms with van der Waals surface area (Å²) < 4.78 is 0. The lowest BCUT2D eigenvalue weighted by atomic mass is 10.0. The summed E-state index contributed by atoms with van der Waals surface area (Å²) in [7, 11) is 0. The van der Waals surface area contributed by atoms with Gasteiger partial charge in [-0.2, -0.15) is 0 Å². The fourth-order valence-electron chi connectivity index (χ4n) is 1.70. The Hall–Kier alpha value is -1.12. The molecule has 0 amide bonds. The van der Waals surface area contributed by atoms with Crippen molar-refractivity contribution in [1.29, 1.82) is 0 Å². The predicted molar refractivity (Wildman–Crippen MR) is 68.9 cm³/mol. The van der Waals surface area contributed by atoms with Gasteiger partial charge in [-0.3, -0.25) is 0 Å². The highest BCUT2D eigenvalue weighted by atomic mass is 32.1. The summed E-state index contributed by atoms with van der Waals surface area (Å²) in [6.07, 6.45) is 0.554. The van der Waals surface area contributed by atoms with E-state index in [1.54, 1.807) is 11.3 Å². The highest BCUT2D eigenvalue weighted by Crippen LogP contribution is 2.28. The number of thiophene rings is 1. The summed E-state index contributed by atoms with van der Waals surface area (Å²) in [5, 5.41) is 10.2. The summed E-state index contributed by atoms with van der Waals surface area (Å²) in [6, 6.07) is 12.2. The van der Waals surface area contributed by atoms with Crippen molar-refractivity contribution in [3.63, 3.8) is 0 Å². The van der Waals surface area contributed by atoms with Gasteiger partial charge in [-0.25, -0.2) is 0 Å². The Morgan fingerprint density at radius 2 is 1.81 bits per heavy atom. The van der Waals surface area contributed by atoms with Gasteiger partial charge in [-0.15, -0.1) is 11.3 Å². The number of hydrogen-bond acceptors (Lipinski definition) is 2. The molecular formula is C14H16OS. The van der Waals surface area contributed by atoms with E-state index in [4.69, 9.17) is 0 Å². The molecule has 2 aromatic rings. The van der Waals surface area contributed by atoms with Crippen LogP contribution in [0.3, 0.4) is 0 Å². The summed E-state index contributed by atoms with van der Waals surface area (Å²) in [5.41, 5.74) is 2.28. The molecule has 0 fully saturated rings. The Kier molecular flexibility index (Phi) is 3.42. The zero-order valence-corrected chi connectivity index (χ0v) is 10.4. The van der Waals surface area contributed by atoms with E-state index in [1.165, 1.54) is 10.4 Å². The van der Waals surface area contributed by atoms with Gasteiger partial charge in [0.25, 0.3) is 0 Å². The molecule has 0 unspecified atom stereocenters. The van der Waals surface area contributed by atoms with Gasteiger partial charge >= 0.3 is 0 Å². The first-order valence-electron chi connectivity index (χ1n) is 5.54. The molecular weight excluding hydrogens is 216 g/mol. The molecule has 0 saturated carbocycles. The van der Waals surface area contributed by atoms with E-state index >= 15 is 0 Å². The van der Waals surface area contributed by atoms with Crippen LogP contribution in [0, 0.1) is 6.92 Å². The van der Waals surface area contributed by atoms with Crippen molar-refractivity contribution in [2.75, 3.05) is 0 Å². The summed E-state index contributed by atoms with van der Waals surface area (Å²) in [5.74, 6) is 0. The number of benzene rings is 1. The summed E-state index contributed by atoms with van der Waals surface area (Å²) in [4.78, 5) is 2.25. The molecule has 1 atom stereocenters. The minimum Gasteiger partial charge on any atom is -0.383 e. The molecule has 0 aliphatic carbocycles. The van der Waals surface area contributed by atoms with Crippen LogP contribution in [-0.4, -0.2) is 5.11 Å². The largest absolute Gasteiger partial charge is 0.383 e. The third-order valence-corrected chi connectivity index (χ3v) is 3.79. The number of aliphatic hydroxyl groups is 1. The van der Waals surface area contributed by atoms with Crippen LogP contribution in [0.15, 0.2) is 36.4 Å². The van der Waals surface area contributed by atoms with E-state index in [-0.39, 0.29) is 0 Å². The molecule has 0 aliphatic rings. The van der Waals surface area contributed by atoms with Crippen molar-refractivity contribution < 1.29 is 5.11 Å². The van der Waals surface area contributed by atoms with Crippen molar-refractivity contribution in [2.45, 2.75) is 26.4 Å². The van der Waals surface area contributed by atoms with Crippen molar-refractivity contribution in [3.05, 3.63) is 57.3 Å². The van der Waals surface area contributed by atoms with Gasteiger partial charge in [0.1, 0.15) is 6.10 Å². The minimum atomic E-state index is -0.482. The Labute approximate surface area is 100 Å². The van der Waals surface area contributed by atoms with Gasteiger partial charge in [0.05, 0.1) is 0 Å². The van der Waals surface area contributed by atoms with E-state index in [1.807, 2.05) is 24.3 Å². The molecule has 84 valence electrons. The molecule has 1 heterocycles. The van der Waals surface area contributed by atoms with Crippen molar-refractivity contribution in [1.82, 2.24) is 0 Å². The summed E-state index contributed by atoms with van der Waals surface area (Å²) >= 11 is 1.65. The third kappa shape index (κ3) is 2.34. The predicted octanol–water partition coefficient (Wildman–Crippen LogP) is 3.70. The van der Waals surface area contributed by atoms with Crippen LogP contribution in [-0.2, 0) is 6.42 Å². The molecule has 2 rings (SSSR count). The molecule has 16 heavy (non-hydrogen) atoms. The zero-order chi connectivity index (χ0) is 11.5. The lowest BCUT2D eigenvalue weighted by Gasteiger charge is -2.09. The molecule has 1 N–H and O–H groups in total. The Morgan fingerprint density at radius 1 is 1.12 bits per heavy atom. The van der Waals surface area contributed by atoms with Gasteiger partial charge in [-0.1, -0.05) is 31.2 Å². The van der Waals surface area contributed by atoms with Gasteiger partial charge < -0.3 is 5.11 Å². The quantitative estimate of drug-likeness (QED) is 0.855. The SMILES string of the molecule is CCc1ccc([C@@H](O)c2ccc(C)s2)cc1.